The first-order valence-corrected chi connectivity index (χ1v) is 6.80. The first-order valence-electron chi connectivity index (χ1n) is 6.80. The lowest BCUT2D eigenvalue weighted by Crippen LogP contribution is -2.27. The largest absolute Gasteiger partial charge is 0.315 e. The van der Waals surface area contributed by atoms with E-state index in [2.05, 4.69) is 15.2 Å². The minimum Gasteiger partial charge on any atom is -0.315 e. The Morgan fingerprint density at radius 2 is 2.10 bits per heavy atom. The van der Waals surface area contributed by atoms with Crippen LogP contribution in [0.5, 0.6) is 0 Å². The Hall–Kier alpha value is -1.23. The molecule has 1 aliphatic rings. The van der Waals surface area contributed by atoms with Crippen LogP contribution in [0.4, 0.5) is 4.39 Å². The zero-order valence-electron chi connectivity index (χ0n) is 11.3. The predicted octanol–water partition coefficient (Wildman–Crippen LogP) is 2.59. The molecule has 1 N–H and O–H groups in total. The number of fused-ring (bicyclic) bond motifs is 1. The highest BCUT2D eigenvalue weighted by Gasteiger charge is 2.12. The number of aromatic nitrogens is 1. The summed E-state index contributed by atoms with van der Waals surface area (Å²) in [5.74, 6) is -0.190. The van der Waals surface area contributed by atoms with Gasteiger partial charge in [-0.1, -0.05) is 6.07 Å². The smallest absolute Gasteiger partial charge is 0.132 e. The van der Waals surface area contributed by atoms with Crippen LogP contribution in [-0.2, 0) is 6.54 Å². The van der Waals surface area contributed by atoms with Crippen LogP contribution in [0.15, 0.2) is 30.5 Å². The van der Waals surface area contributed by atoms with Gasteiger partial charge in [0.2, 0.25) is 0 Å². The number of hydrogen-bond donors (Lipinski definition) is 1. The molecule has 1 fully saturated rings. The molecule has 5 heteroatoms. The zero-order valence-corrected chi connectivity index (χ0v) is 12.1. The number of nitrogens with one attached hydrogen (secondary N) is 1. The van der Waals surface area contributed by atoms with Crippen molar-refractivity contribution in [1.82, 2.24) is 15.2 Å². The van der Waals surface area contributed by atoms with E-state index in [1.54, 1.807) is 24.4 Å². The van der Waals surface area contributed by atoms with Gasteiger partial charge in [0.1, 0.15) is 5.82 Å². The maximum Gasteiger partial charge on any atom is 0.132 e. The van der Waals surface area contributed by atoms with Gasteiger partial charge in [0.25, 0.3) is 0 Å². The van der Waals surface area contributed by atoms with Crippen molar-refractivity contribution in [3.63, 3.8) is 0 Å². The lowest BCUT2D eigenvalue weighted by Gasteiger charge is -2.20. The Labute approximate surface area is 124 Å². The van der Waals surface area contributed by atoms with Crippen molar-refractivity contribution in [3.05, 3.63) is 41.8 Å². The lowest BCUT2D eigenvalue weighted by molar-refractivity contribution is 0.285. The second-order valence-electron chi connectivity index (χ2n) is 4.99. The molecular weight excluding hydrogens is 277 g/mol. The van der Waals surface area contributed by atoms with Gasteiger partial charge in [-0.25, -0.2) is 4.39 Å². The Bertz CT molecular complexity index is 568. The maximum absolute atomic E-state index is 13.7. The average molecular weight is 296 g/mol. The van der Waals surface area contributed by atoms with E-state index in [0.717, 1.165) is 50.2 Å². The molecule has 0 aliphatic carbocycles. The van der Waals surface area contributed by atoms with Crippen LogP contribution in [0.3, 0.4) is 0 Å². The summed E-state index contributed by atoms with van der Waals surface area (Å²) in [6.07, 6.45) is 2.89. The maximum atomic E-state index is 13.7. The summed E-state index contributed by atoms with van der Waals surface area (Å²) in [6, 6.07) is 6.99. The molecular formula is C15H19ClFN3. The summed E-state index contributed by atoms with van der Waals surface area (Å²) in [7, 11) is 0. The first kappa shape index (κ1) is 15.2. The van der Waals surface area contributed by atoms with E-state index in [1.807, 2.05) is 6.07 Å². The first-order chi connectivity index (χ1) is 9.34. The van der Waals surface area contributed by atoms with E-state index >= 15 is 0 Å². The summed E-state index contributed by atoms with van der Waals surface area (Å²) in [5, 5.41) is 4.01. The fraction of sp³-hybridized carbons (Fsp3) is 0.400. The minimum atomic E-state index is -0.190. The Morgan fingerprint density at radius 3 is 3.00 bits per heavy atom. The van der Waals surface area contributed by atoms with Crippen LogP contribution in [0.1, 0.15) is 12.0 Å². The van der Waals surface area contributed by atoms with Crippen LogP contribution >= 0.6 is 12.4 Å². The fourth-order valence-corrected chi connectivity index (χ4v) is 2.62. The molecule has 1 aromatic carbocycles. The Morgan fingerprint density at radius 1 is 1.20 bits per heavy atom. The Kier molecular flexibility index (Phi) is 5.29. The third-order valence-corrected chi connectivity index (χ3v) is 3.63. The molecule has 2 aromatic rings. The third kappa shape index (κ3) is 3.26. The number of hydrogen-bond acceptors (Lipinski definition) is 3. The highest BCUT2D eigenvalue weighted by atomic mass is 35.5. The number of rotatable bonds is 2. The summed E-state index contributed by atoms with van der Waals surface area (Å²) in [5.41, 5.74) is 1.90. The standard InChI is InChI=1S/C15H18FN3.ClH/c16-14-5-4-12(15-13(14)3-1-7-18-15)11-19-9-2-6-17-8-10-19;/h1,3-5,7,17H,2,6,8-11H2;1H. The summed E-state index contributed by atoms with van der Waals surface area (Å²) < 4.78 is 13.7. The molecule has 0 amide bonds. The summed E-state index contributed by atoms with van der Waals surface area (Å²) >= 11 is 0. The van der Waals surface area contributed by atoms with Gasteiger partial charge in [-0.3, -0.25) is 9.88 Å². The SMILES string of the molecule is Cl.Fc1ccc(CN2CCCNCC2)c2ncccc12. The van der Waals surface area contributed by atoms with Crippen LogP contribution in [0.25, 0.3) is 10.9 Å². The molecule has 0 bridgehead atoms. The normalized spacial score (nSPS) is 16.6. The fourth-order valence-electron chi connectivity index (χ4n) is 2.62. The quantitative estimate of drug-likeness (QED) is 0.923. The number of benzene rings is 1. The average Bonchev–Trinajstić information content (AvgIpc) is 2.71. The number of nitrogens with zero attached hydrogens (tertiary/aromatic N) is 2. The minimum absolute atomic E-state index is 0. The van der Waals surface area contributed by atoms with E-state index in [4.69, 9.17) is 0 Å². The molecule has 20 heavy (non-hydrogen) atoms. The molecule has 3 nitrogen and oxygen atoms in total. The molecule has 3 rings (SSSR count). The molecule has 1 aliphatic heterocycles. The number of pyridine rings is 1. The molecule has 0 unspecified atom stereocenters. The Balaban J connectivity index is 0.00000147. The van der Waals surface area contributed by atoms with Crippen LogP contribution in [-0.4, -0.2) is 36.1 Å². The van der Waals surface area contributed by atoms with E-state index in [1.165, 1.54) is 0 Å². The van der Waals surface area contributed by atoms with Crippen molar-refractivity contribution >= 4 is 23.3 Å². The number of halogens is 2. The molecule has 1 aromatic heterocycles. The van der Waals surface area contributed by atoms with Crippen molar-refractivity contribution < 1.29 is 4.39 Å². The lowest BCUT2D eigenvalue weighted by atomic mass is 10.1. The van der Waals surface area contributed by atoms with E-state index in [-0.39, 0.29) is 18.2 Å². The van der Waals surface area contributed by atoms with Crippen molar-refractivity contribution in [1.29, 1.82) is 0 Å². The summed E-state index contributed by atoms with van der Waals surface area (Å²) in [4.78, 5) is 6.75. The molecule has 0 saturated carbocycles. The van der Waals surface area contributed by atoms with E-state index < -0.39 is 0 Å². The van der Waals surface area contributed by atoms with Gasteiger partial charge >= 0.3 is 0 Å². The molecule has 1 saturated heterocycles. The van der Waals surface area contributed by atoms with Gasteiger partial charge in [-0.05, 0) is 43.3 Å². The van der Waals surface area contributed by atoms with Crippen LogP contribution < -0.4 is 5.32 Å². The topological polar surface area (TPSA) is 28.2 Å². The third-order valence-electron chi connectivity index (χ3n) is 3.63. The second-order valence-corrected chi connectivity index (χ2v) is 4.99. The van der Waals surface area contributed by atoms with Crippen molar-refractivity contribution in [2.45, 2.75) is 13.0 Å². The monoisotopic (exact) mass is 295 g/mol. The molecule has 0 atom stereocenters. The van der Waals surface area contributed by atoms with Crippen LogP contribution in [0, 0.1) is 5.82 Å². The molecule has 0 radical (unpaired) electrons. The summed E-state index contributed by atoms with van der Waals surface area (Å²) in [6.45, 7) is 5.06. The van der Waals surface area contributed by atoms with Gasteiger partial charge < -0.3 is 5.32 Å². The highest BCUT2D eigenvalue weighted by molar-refractivity contribution is 5.85. The predicted molar refractivity (Wildman–Crippen MR) is 81.7 cm³/mol. The molecule has 108 valence electrons. The van der Waals surface area contributed by atoms with Gasteiger partial charge in [-0.15, -0.1) is 12.4 Å². The van der Waals surface area contributed by atoms with Gasteiger partial charge in [0.05, 0.1) is 5.52 Å². The van der Waals surface area contributed by atoms with Crippen LogP contribution in [0.2, 0.25) is 0 Å². The van der Waals surface area contributed by atoms with Crippen molar-refractivity contribution in [2.24, 2.45) is 0 Å². The van der Waals surface area contributed by atoms with E-state index in [0.29, 0.717) is 5.39 Å². The second kappa shape index (κ2) is 6.97. The van der Waals surface area contributed by atoms with Gasteiger partial charge in [0, 0.05) is 31.2 Å². The highest BCUT2D eigenvalue weighted by Crippen LogP contribution is 2.21. The van der Waals surface area contributed by atoms with Gasteiger partial charge in [0.15, 0.2) is 0 Å². The van der Waals surface area contributed by atoms with Crippen molar-refractivity contribution in [2.75, 3.05) is 26.2 Å². The van der Waals surface area contributed by atoms with Crippen molar-refractivity contribution in [3.8, 4) is 0 Å². The van der Waals surface area contributed by atoms with E-state index in [9.17, 15) is 4.39 Å². The molecule has 0 spiro atoms. The van der Waals surface area contributed by atoms with Gasteiger partial charge in [-0.2, -0.15) is 0 Å². The molecule has 2 heterocycles. The zero-order chi connectivity index (χ0) is 13.1.